The third kappa shape index (κ3) is 0.899. The molecule has 0 spiro atoms. The largest absolute Gasteiger partial charge is 0.357 e. The second kappa shape index (κ2) is 2.19. The van der Waals surface area contributed by atoms with E-state index in [4.69, 9.17) is 0 Å². The fourth-order valence-electron chi connectivity index (χ4n) is 0.856. The van der Waals surface area contributed by atoms with Crippen LogP contribution in [-0.4, -0.2) is 27.0 Å². The molecule has 5 nitrogen and oxygen atoms in total. The van der Waals surface area contributed by atoms with Crippen LogP contribution in [0, 0.1) is 0 Å². The van der Waals surface area contributed by atoms with Gasteiger partial charge in [-0.15, -0.1) is 0 Å². The van der Waals surface area contributed by atoms with Gasteiger partial charge in [-0.1, -0.05) is 0 Å². The molecule has 0 atom stereocenters. The van der Waals surface area contributed by atoms with Crippen molar-refractivity contribution in [2.45, 2.75) is 0 Å². The van der Waals surface area contributed by atoms with Crippen molar-refractivity contribution in [3.63, 3.8) is 0 Å². The fourth-order valence-corrected chi connectivity index (χ4v) is 0.856. The second-order valence-electron chi connectivity index (χ2n) is 2.08. The van der Waals surface area contributed by atoms with Gasteiger partial charge in [-0.25, -0.2) is 9.97 Å². The SMILES string of the molecule is CNc1ncc2[nH]cnc2n1. The summed E-state index contributed by atoms with van der Waals surface area (Å²) in [5.41, 5.74) is 1.54. The maximum absolute atomic E-state index is 4.09. The Bertz CT molecular complexity index is 366. The van der Waals surface area contributed by atoms with Crippen LogP contribution >= 0.6 is 0 Å². The van der Waals surface area contributed by atoms with Crippen LogP contribution in [0.1, 0.15) is 0 Å². The van der Waals surface area contributed by atoms with Gasteiger partial charge in [-0.05, 0) is 0 Å². The summed E-state index contributed by atoms with van der Waals surface area (Å²) in [6.45, 7) is 0. The van der Waals surface area contributed by atoms with E-state index >= 15 is 0 Å². The van der Waals surface area contributed by atoms with E-state index in [0.29, 0.717) is 11.6 Å². The lowest BCUT2D eigenvalue weighted by Gasteiger charge is -1.94. The van der Waals surface area contributed by atoms with E-state index in [1.54, 1.807) is 19.6 Å². The minimum Gasteiger partial charge on any atom is -0.357 e. The van der Waals surface area contributed by atoms with Gasteiger partial charge >= 0.3 is 0 Å². The third-order valence-corrected chi connectivity index (χ3v) is 1.40. The Kier molecular flexibility index (Phi) is 1.21. The van der Waals surface area contributed by atoms with Crippen molar-refractivity contribution in [2.24, 2.45) is 0 Å². The van der Waals surface area contributed by atoms with Gasteiger partial charge < -0.3 is 10.3 Å². The number of hydrogen-bond donors (Lipinski definition) is 2. The Hall–Kier alpha value is -1.65. The predicted octanol–water partition coefficient (Wildman–Crippen LogP) is 0.395. The molecule has 0 bridgehead atoms. The zero-order valence-corrected chi connectivity index (χ0v) is 6.00. The lowest BCUT2D eigenvalue weighted by atomic mass is 10.6. The van der Waals surface area contributed by atoms with Gasteiger partial charge in [0, 0.05) is 7.05 Å². The summed E-state index contributed by atoms with van der Waals surface area (Å²) in [6, 6.07) is 0. The quantitative estimate of drug-likeness (QED) is 0.615. The fraction of sp³-hybridized carbons (Fsp3) is 0.167. The molecule has 0 aromatic carbocycles. The predicted molar refractivity (Wildman–Crippen MR) is 41.2 cm³/mol. The van der Waals surface area contributed by atoms with Crippen molar-refractivity contribution in [3.8, 4) is 0 Å². The molecule has 2 rings (SSSR count). The summed E-state index contributed by atoms with van der Waals surface area (Å²) in [6.07, 6.45) is 3.29. The summed E-state index contributed by atoms with van der Waals surface area (Å²) in [7, 11) is 1.77. The first kappa shape index (κ1) is 6.09. The number of imidazole rings is 1. The van der Waals surface area contributed by atoms with E-state index in [2.05, 4.69) is 25.3 Å². The van der Waals surface area contributed by atoms with Crippen LogP contribution < -0.4 is 5.32 Å². The van der Waals surface area contributed by atoms with Gasteiger partial charge in [-0.2, -0.15) is 4.98 Å². The van der Waals surface area contributed by atoms with Crippen molar-refractivity contribution >= 4 is 17.1 Å². The van der Waals surface area contributed by atoms with Crippen LogP contribution in [0.15, 0.2) is 12.5 Å². The molecule has 0 saturated heterocycles. The van der Waals surface area contributed by atoms with Gasteiger partial charge in [0.1, 0.15) is 5.52 Å². The Morgan fingerprint density at radius 2 is 2.36 bits per heavy atom. The molecule has 0 radical (unpaired) electrons. The number of aromatic amines is 1. The minimum absolute atomic E-state index is 0.588. The van der Waals surface area contributed by atoms with Crippen LogP contribution in [0.2, 0.25) is 0 Å². The van der Waals surface area contributed by atoms with E-state index in [9.17, 15) is 0 Å². The van der Waals surface area contributed by atoms with Gasteiger partial charge in [0.05, 0.1) is 12.5 Å². The second-order valence-corrected chi connectivity index (χ2v) is 2.08. The third-order valence-electron chi connectivity index (χ3n) is 1.40. The molecule has 0 aliphatic heterocycles. The molecule has 5 heteroatoms. The number of anilines is 1. The molecule has 2 aromatic rings. The van der Waals surface area contributed by atoms with Crippen LogP contribution in [-0.2, 0) is 0 Å². The maximum atomic E-state index is 4.09. The number of hydrogen-bond acceptors (Lipinski definition) is 4. The van der Waals surface area contributed by atoms with E-state index < -0.39 is 0 Å². The highest BCUT2D eigenvalue weighted by molar-refractivity contribution is 5.69. The monoisotopic (exact) mass is 149 g/mol. The average molecular weight is 149 g/mol. The number of fused-ring (bicyclic) bond motifs is 1. The highest BCUT2D eigenvalue weighted by Crippen LogP contribution is 2.05. The zero-order chi connectivity index (χ0) is 7.68. The smallest absolute Gasteiger partial charge is 0.224 e. The van der Waals surface area contributed by atoms with Crippen molar-refractivity contribution in [1.29, 1.82) is 0 Å². The highest BCUT2D eigenvalue weighted by Gasteiger charge is 1.97. The van der Waals surface area contributed by atoms with Gasteiger partial charge in [0.15, 0.2) is 5.65 Å². The summed E-state index contributed by atoms with van der Waals surface area (Å²) in [4.78, 5) is 15.0. The molecule has 0 amide bonds. The summed E-state index contributed by atoms with van der Waals surface area (Å²) in [5, 5.41) is 2.83. The first-order chi connectivity index (χ1) is 5.40. The highest BCUT2D eigenvalue weighted by atomic mass is 15.1. The normalized spacial score (nSPS) is 10.3. The Labute approximate surface area is 62.9 Å². The van der Waals surface area contributed by atoms with Crippen LogP contribution in [0.5, 0.6) is 0 Å². The Balaban J connectivity index is 2.67. The van der Waals surface area contributed by atoms with E-state index in [-0.39, 0.29) is 0 Å². The molecular formula is C6H7N5. The lowest BCUT2D eigenvalue weighted by molar-refractivity contribution is 1.18. The first-order valence-corrected chi connectivity index (χ1v) is 3.24. The van der Waals surface area contributed by atoms with Crippen LogP contribution in [0.4, 0.5) is 5.95 Å². The standard InChI is InChI=1S/C6H7N5/c1-7-6-8-2-4-5(11-6)10-3-9-4/h2-3H,1H3,(H2,7,8,9,10,11). The summed E-state index contributed by atoms with van der Waals surface area (Å²) < 4.78 is 0. The van der Waals surface area contributed by atoms with E-state index in [0.717, 1.165) is 5.52 Å². The van der Waals surface area contributed by atoms with Crippen molar-refractivity contribution in [3.05, 3.63) is 12.5 Å². The molecule has 0 saturated carbocycles. The Morgan fingerprint density at radius 3 is 3.18 bits per heavy atom. The molecule has 2 heterocycles. The molecule has 0 aliphatic carbocycles. The number of aromatic nitrogens is 4. The number of nitrogens with zero attached hydrogens (tertiary/aromatic N) is 3. The minimum atomic E-state index is 0.588. The first-order valence-electron chi connectivity index (χ1n) is 3.24. The van der Waals surface area contributed by atoms with Gasteiger partial charge in [-0.3, -0.25) is 0 Å². The molecule has 0 aliphatic rings. The molecular weight excluding hydrogens is 142 g/mol. The molecule has 0 unspecified atom stereocenters. The molecule has 2 aromatic heterocycles. The lowest BCUT2D eigenvalue weighted by Crippen LogP contribution is -1.95. The summed E-state index contributed by atoms with van der Waals surface area (Å²) >= 11 is 0. The van der Waals surface area contributed by atoms with Crippen LogP contribution in [0.25, 0.3) is 11.2 Å². The van der Waals surface area contributed by atoms with Crippen molar-refractivity contribution < 1.29 is 0 Å². The summed E-state index contributed by atoms with van der Waals surface area (Å²) in [5.74, 6) is 0.588. The number of nitrogens with one attached hydrogen (secondary N) is 2. The van der Waals surface area contributed by atoms with Gasteiger partial charge in [0.2, 0.25) is 5.95 Å². The van der Waals surface area contributed by atoms with E-state index in [1.807, 2.05) is 0 Å². The molecule has 0 fully saturated rings. The molecule has 11 heavy (non-hydrogen) atoms. The van der Waals surface area contributed by atoms with Crippen LogP contribution in [0.3, 0.4) is 0 Å². The molecule has 56 valence electrons. The van der Waals surface area contributed by atoms with Crippen molar-refractivity contribution in [2.75, 3.05) is 12.4 Å². The van der Waals surface area contributed by atoms with E-state index in [1.165, 1.54) is 0 Å². The zero-order valence-electron chi connectivity index (χ0n) is 6.00. The Morgan fingerprint density at radius 1 is 1.45 bits per heavy atom. The maximum Gasteiger partial charge on any atom is 0.224 e. The van der Waals surface area contributed by atoms with Gasteiger partial charge in [0.25, 0.3) is 0 Å². The van der Waals surface area contributed by atoms with Crippen molar-refractivity contribution in [1.82, 2.24) is 19.9 Å². The molecule has 2 N–H and O–H groups in total. The number of H-pyrrole nitrogens is 1. The average Bonchev–Trinajstić information content (AvgIpc) is 2.50. The topological polar surface area (TPSA) is 66.5 Å². The number of rotatable bonds is 1.